The second kappa shape index (κ2) is 3.95. The number of hydrogen-bond donors (Lipinski definition) is 1. The van der Waals surface area contributed by atoms with Gasteiger partial charge in [-0.3, -0.25) is 0 Å². The molecule has 76 valence electrons. The predicted molar refractivity (Wildman–Crippen MR) is 57.1 cm³/mol. The molecule has 14 heavy (non-hydrogen) atoms. The summed E-state index contributed by atoms with van der Waals surface area (Å²) in [7, 11) is 0. The van der Waals surface area contributed by atoms with Crippen LogP contribution in [0.15, 0.2) is 12.4 Å². The van der Waals surface area contributed by atoms with Crippen LogP contribution in [0.4, 0.5) is 5.82 Å². The lowest BCUT2D eigenvalue weighted by Crippen LogP contribution is -2.06. The van der Waals surface area contributed by atoms with Crippen LogP contribution < -0.4 is 5.32 Å². The standard InChI is InChI=1S/C11H17N3/c1-3-9-5-10(9)6-12-11-4-8(2)13-7-14-11/h4,7,9-10H,3,5-6H2,1-2H3,(H,12,13,14)/t9-,10+/m1/s1. The molecule has 3 heteroatoms. The van der Waals surface area contributed by atoms with Crippen LogP contribution in [0.3, 0.4) is 0 Å². The molecule has 0 bridgehead atoms. The summed E-state index contributed by atoms with van der Waals surface area (Å²) in [6.45, 7) is 5.31. The highest BCUT2D eigenvalue weighted by molar-refractivity contribution is 5.34. The summed E-state index contributed by atoms with van der Waals surface area (Å²) in [4.78, 5) is 8.23. The summed E-state index contributed by atoms with van der Waals surface area (Å²) in [5.41, 5.74) is 1.02. The van der Waals surface area contributed by atoms with Crippen molar-refractivity contribution in [3.63, 3.8) is 0 Å². The van der Waals surface area contributed by atoms with E-state index in [-0.39, 0.29) is 0 Å². The molecule has 1 aromatic heterocycles. The lowest BCUT2D eigenvalue weighted by atomic mass is 10.2. The number of anilines is 1. The lowest BCUT2D eigenvalue weighted by molar-refractivity contribution is 0.700. The Labute approximate surface area is 85.0 Å². The molecule has 1 aliphatic carbocycles. The average molecular weight is 191 g/mol. The van der Waals surface area contributed by atoms with E-state index in [1.165, 1.54) is 12.8 Å². The molecule has 0 unspecified atom stereocenters. The monoisotopic (exact) mass is 191 g/mol. The Bertz CT molecular complexity index is 311. The minimum Gasteiger partial charge on any atom is -0.370 e. The third-order valence-electron chi connectivity index (χ3n) is 2.94. The first-order valence-corrected chi connectivity index (χ1v) is 5.32. The van der Waals surface area contributed by atoms with Gasteiger partial charge in [0.2, 0.25) is 0 Å². The van der Waals surface area contributed by atoms with Crippen molar-refractivity contribution in [2.75, 3.05) is 11.9 Å². The van der Waals surface area contributed by atoms with Gasteiger partial charge in [-0.25, -0.2) is 9.97 Å². The number of hydrogen-bond acceptors (Lipinski definition) is 3. The van der Waals surface area contributed by atoms with E-state index in [2.05, 4.69) is 22.2 Å². The van der Waals surface area contributed by atoms with Gasteiger partial charge in [0.1, 0.15) is 12.1 Å². The minimum absolute atomic E-state index is 0.871. The van der Waals surface area contributed by atoms with Gasteiger partial charge in [0.05, 0.1) is 0 Å². The number of aryl methyl sites for hydroxylation is 1. The van der Waals surface area contributed by atoms with Crippen LogP contribution in [0, 0.1) is 18.8 Å². The van der Waals surface area contributed by atoms with Gasteiger partial charge >= 0.3 is 0 Å². The molecule has 0 amide bonds. The van der Waals surface area contributed by atoms with Gasteiger partial charge < -0.3 is 5.32 Å². The molecule has 1 heterocycles. The number of nitrogens with zero attached hydrogens (tertiary/aromatic N) is 2. The molecule has 1 aliphatic rings. The maximum atomic E-state index is 4.17. The predicted octanol–water partition coefficient (Wildman–Crippen LogP) is 2.24. The van der Waals surface area contributed by atoms with Crippen LogP contribution >= 0.6 is 0 Å². The van der Waals surface area contributed by atoms with Crippen molar-refractivity contribution in [1.29, 1.82) is 0 Å². The van der Waals surface area contributed by atoms with Crippen LogP contribution in [0.1, 0.15) is 25.5 Å². The Morgan fingerprint density at radius 2 is 2.29 bits per heavy atom. The van der Waals surface area contributed by atoms with Gasteiger partial charge in [0, 0.05) is 18.3 Å². The van der Waals surface area contributed by atoms with E-state index in [9.17, 15) is 0 Å². The zero-order valence-electron chi connectivity index (χ0n) is 8.83. The van der Waals surface area contributed by atoms with Crippen LogP contribution in [-0.2, 0) is 0 Å². The van der Waals surface area contributed by atoms with Gasteiger partial charge in [-0.15, -0.1) is 0 Å². The summed E-state index contributed by atoms with van der Waals surface area (Å²) >= 11 is 0. The van der Waals surface area contributed by atoms with Gasteiger partial charge in [-0.1, -0.05) is 13.3 Å². The quantitative estimate of drug-likeness (QED) is 0.793. The molecule has 0 radical (unpaired) electrons. The molecule has 0 spiro atoms. The highest BCUT2D eigenvalue weighted by Gasteiger charge is 2.34. The second-order valence-corrected chi connectivity index (χ2v) is 4.09. The molecule has 1 aromatic rings. The fraction of sp³-hybridized carbons (Fsp3) is 0.636. The fourth-order valence-corrected chi connectivity index (χ4v) is 1.85. The molecule has 3 nitrogen and oxygen atoms in total. The van der Waals surface area contributed by atoms with Crippen molar-refractivity contribution in [3.8, 4) is 0 Å². The first kappa shape index (κ1) is 9.44. The summed E-state index contributed by atoms with van der Waals surface area (Å²) in [6, 6.07) is 1.99. The van der Waals surface area contributed by atoms with Crippen molar-refractivity contribution in [2.24, 2.45) is 11.8 Å². The molecule has 1 saturated carbocycles. The number of aromatic nitrogens is 2. The lowest BCUT2D eigenvalue weighted by Gasteiger charge is -2.04. The Balaban J connectivity index is 1.81. The van der Waals surface area contributed by atoms with Gasteiger partial charge in [-0.05, 0) is 25.2 Å². The largest absolute Gasteiger partial charge is 0.370 e. The van der Waals surface area contributed by atoms with E-state index in [4.69, 9.17) is 0 Å². The van der Waals surface area contributed by atoms with E-state index in [0.717, 1.165) is 29.9 Å². The SMILES string of the molecule is CC[C@@H]1C[C@H]1CNc1cc(C)ncn1. The Hall–Kier alpha value is -1.12. The number of nitrogens with one attached hydrogen (secondary N) is 1. The van der Waals surface area contributed by atoms with Crippen molar-refractivity contribution in [2.45, 2.75) is 26.7 Å². The summed E-state index contributed by atoms with van der Waals surface area (Å²) in [5, 5.41) is 3.36. The zero-order valence-corrected chi connectivity index (χ0v) is 8.83. The molecular weight excluding hydrogens is 174 g/mol. The molecule has 2 atom stereocenters. The Kier molecular flexibility index (Phi) is 2.66. The van der Waals surface area contributed by atoms with Crippen LogP contribution in [-0.4, -0.2) is 16.5 Å². The zero-order chi connectivity index (χ0) is 9.97. The Morgan fingerprint density at radius 3 is 2.93 bits per heavy atom. The third-order valence-corrected chi connectivity index (χ3v) is 2.94. The molecule has 0 aliphatic heterocycles. The van der Waals surface area contributed by atoms with Gasteiger partial charge in [0.15, 0.2) is 0 Å². The van der Waals surface area contributed by atoms with Crippen LogP contribution in [0.25, 0.3) is 0 Å². The van der Waals surface area contributed by atoms with Crippen molar-refractivity contribution in [3.05, 3.63) is 18.1 Å². The highest BCUT2D eigenvalue weighted by Crippen LogP contribution is 2.40. The van der Waals surface area contributed by atoms with Crippen molar-refractivity contribution < 1.29 is 0 Å². The first-order chi connectivity index (χ1) is 6.79. The topological polar surface area (TPSA) is 37.8 Å². The average Bonchev–Trinajstić information content (AvgIpc) is 2.93. The van der Waals surface area contributed by atoms with E-state index in [1.54, 1.807) is 6.33 Å². The smallest absolute Gasteiger partial charge is 0.129 e. The van der Waals surface area contributed by atoms with Gasteiger partial charge in [0.25, 0.3) is 0 Å². The van der Waals surface area contributed by atoms with E-state index >= 15 is 0 Å². The molecular formula is C11H17N3. The second-order valence-electron chi connectivity index (χ2n) is 4.09. The maximum absolute atomic E-state index is 4.17. The number of rotatable bonds is 4. The minimum atomic E-state index is 0.871. The Morgan fingerprint density at radius 1 is 1.43 bits per heavy atom. The van der Waals surface area contributed by atoms with Crippen molar-refractivity contribution >= 4 is 5.82 Å². The fourth-order valence-electron chi connectivity index (χ4n) is 1.85. The third kappa shape index (κ3) is 2.22. The maximum Gasteiger partial charge on any atom is 0.129 e. The van der Waals surface area contributed by atoms with E-state index in [0.29, 0.717) is 0 Å². The molecule has 1 fully saturated rings. The first-order valence-electron chi connectivity index (χ1n) is 5.32. The van der Waals surface area contributed by atoms with E-state index < -0.39 is 0 Å². The summed E-state index contributed by atoms with van der Waals surface area (Å²) in [6.07, 6.45) is 4.31. The molecule has 2 rings (SSSR count). The molecule has 0 saturated heterocycles. The van der Waals surface area contributed by atoms with Crippen LogP contribution in [0.2, 0.25) is 0 Å². The molecule has 0 aromatic carbocycles. The van der Waals surface area contributed by atoms with Crippen molar-refractivity contribution in [1.82, 2.24) is 9.97 Å². The molecule has 1 N–H and O–H groups in total. The highest BCUT2D eigenvalue weighted by atomic mass is 15.0. The van der Waals surface area contributed by atoms with Gasteiger partial charge in [-0.2, -0.15) is 0 Å². The summed E-state index contributed by atoms with van der Waals surface area (Å²) in [5.74, 6) is 2.78. The van der Waals surface area contributed by atoms with Crippen LogP contribution in [0.5, 0.6) is 0 Å². The normalized spacial score (nSPS) is 24.7. The van der Waals surface area contributed by atoms with E-state index in [1.807, 2.05) is 13.0 Å². The summed E-state index contributed by atoms with van der Waals surface area (Å²) < 4.78 is 0.